The molecule has 42 heavy (non-hydrogen) atoms. The third kappa shape index (κ3) is 7.12. The molecule has 0 aromatic heterocycles. The van der Waals surface area contributed by atoms with E-state index >= 15 is 0 Å². The number of amidine groups is 1. The van der Waals surface area contributed by atoms with Gasteiger partial charge in [0.05, 0.1) is 5.60 Å². The van der Waals surface area contributed by atoms with Gasteiger partial charge in [0.2, 0.25) is 5.91 Å². The fourth-order valence-electron chi connectivity index (χ4n) is 6.99. The van der Waals surface area contributed by atoms with E-state index in [0.717, 1.165) is 75.2 Å². The van der Waals surface area contributed by atoms with Crippen molar-refractivity contribution in [1.29, 1.82) is 0 Å². The molecule has 7 nitrogen and oxygen atoms in total. The lowest BCUT2D eigenvalue weighted by Crippen LogP contribution is -2.44. The number of aliphatic hydroxyl groups is 1. The van der Waals surface area contributed by atoms with Gasteiger partial charge in [0, 0.05) is 42.2 Å². The molecule has 0 unspecified atom stereocenters. The summed E-state index contributed by atoms with van der Waals surface area (Å²) in [6.07, 6.45) is 6.11. The zero-order valence-electron chi connectivity index (χ0n) is 26.0. The van der Waals surface area contributed by atoms with Crippen LogP contribution in [0.25, 0.3) is 0 Å². The van der Waals surface area contributed by atoms with E-state index in [2.05, 4.69) is 33.3 Å². The monoisotopic (exact) mass is 572 g/mol. The van der Waals surface area contributed by atoms with Gasteiger partial charge in [-0.25, -0.2) is 0 Å². The molecule has 0 radical (unpaired) electrons. The van der Waals surface area contributed by atoms with Crippen molar-refractivity contribution in [3.63, 3.8) is 0 Å². The average molecular weight is 573 g/mol. The molecule has 1 aliphatic carbocycles. The summed E-state index contributed by atoms with van der Waals surface area (Å²) >= 11 is 0. The molecule has 0 atom stereocenters. The summed E-state index contributed by atoms with van der Waals surface area (Å²) in [6, 6.07) is 14.7. The Morgan fingerprint density at radius 1 is 1.02 bits per heavy atom. The molecular weight excluding hydrogens is 524 g/mol. The standard InChI is InChI=1S/C35H48N4O3/c1-23(2)36-33(40)26-11-13-30(14-12-26)39-31-20-25(22-38-17-15-29(16-18-38)35(4,5)42)9-10-27(31)21-32(39)37-34(41)28-8-6-7-24(3)19-28/h6-10,19-20,23,26,29-30,42H,11-18,21-22H2,1-5H3,(H,36,40). The normalized spacial score (nSPS) is 22.9. The second kappa shape index (κ2) is 12.7. The van der Waals surface area contributed by atoms with Gasteiger partial charge in [-0.15, -0.1) is 0 Å². The minimum Gasteiger partial charge on any atom is -0.390 e. The van der Waals surface area contributed by atoms with E-state index < -0.39 is 5.60 Å². The largest absolute Gasteiger partial charge is 0.390 e. The van der Waals surface area contributed by atoms with E-state index in [9.17, 15) is 14.7 Å². The van der Waals surface area contributed by atoms with Crippen LogP contribution >= 0.6 is 0 Å². The molecule has 5 rings (SSSR count). The van der Waals surface area contributed by atoms with E-state index in [-0.39, 0.29) is 29.8 Å². The zero-order chi connectivity index (χ0) is 30.0. The van der Waals surface area contributed by atoms with Crippen LogP contribution in [0.3, 0.4) is 0 Å². The minimum atomic E-state index is -0.625. The first-order valence-corrected chi connectivity index (χ1v) is 15.8. The van der Waals surface area contributed by atoms with Gasteiger partial charge >= 0.3 is 0 Å². The van der Waals surface area contributed by atoms with E-state index in [1.807, 2.05) is 58.9 Å². The van der Waals surface area contributed by atoms with Crippen LogP contribution in [0.2, 0.25) is 0 Å². The third-order valence-electron chi connectivity index (χ3n) is 9.39. The number of fused-ring (bicyclic) bond motifs is 1. The lowest BCUT2D eigenvalue weighted by atomic mass is 9.83. The van der Waals surface area contributed by atoms with E-state index in [4.69, 9.17) is 4.99 Å². The van der Waals surface area contributed by atoms with Crippen molar-refractivity contribution < 1.29 is 14.7 Å². The minimum absolute atomic E-state index is 0.0400. The van der Waals surface area contributed by atoms with Crippen molar-refractivity contribution in [3.05, 3.63) is 64.7 Å². The Hall–Kier alpha value is -3.03. The lowest BCUT2D eigenvalue weighted by Gasteiger charge is -2.38. The molecule has 2 amide bonds. The number of carbonyl (C=O) groups is 2. The Labute approximate surface area is 251 Å². The summed E-state index contributed by atoms with van der Waals surface area (Å²) in [5, 5.41) is 13.5. The van der Waals surface area contributed by atoms with Crippen LogP contribution in [0.4, 0.5) is 5.69 Å². The second-order valence-corrected chi connectivity index (χ2v) is 13.6. The molecule has 1 saturated heterocycles. The summed E-state index contributed by atoms with van der Waals surface area (Å²) in [7, 11) is 0. The number of rotatable bonds is 7. The van der Waals surface area contributed by atoms with E-state index in [0.29, 0.717) is 17.9 Å². The van der Waals surface area contributed by atoms with Gasteiger partial charge < -0.3 is 15.3 Å². The SMILES string of the molecule is Cc1cccc(C(=O)N=C2Cc3ccc(CN4CCC(C(C)(C)O)CC4)cc3N2C2CCC(C(=O)NC(C)C)CC2)c1. The summed E-state index contributed by atoms with van der Waals surface area (Å²) in [6.45, 7) is 12.7. The van der Waals surface area contributed by atoms with Crippen LogP contribution in [0.1, 0.15) is 93.3 Å². The van der Waals surface area contributed by atoms with Crippen molar-refractivity contribution in [1.82, 2.24) is 10.2 Å². The molecule has 2 aliphatic heterocycles. The number of likely N-dealkylation sites (tertiary alicyclic amines) is 1. The first-order valence-electron chi connectivity index (χ1n) is 15.8. The molecule has 2 aromatic carbocycles. The van der Waals surface area contributed by atoms with Crippen molar-refractivity contribution in [3.8, 4) is 0 Å². The van der Waals surface area contributed by atoms with Crippen LogP contribution in [0.5, 0.6) is 0 Å². The van der Waals surface area contributed by atoms with Crippen LogP contribution in [-0.2, 0) is 17.8 Å². The topological polar surface area (TPSA) is 85.2 Å². The zero-order valence-corrected chi connectivity index (χ0v) is 26.0. The fraction of sp³-hybridized carbons (Fsp3) is 0.571. The number of nitrogens with one attached hydrogen (secondary N) is 1. The maximum absolute atomic E-state index is 13.3. The van der Waals surface area contributed by atoms with E-state index in [1.165, 1.54) is 11.1 Å². The molecule has 7 heteroatoms. The predicted octanol–water partition coefficient (Wildman–Crippen LogP) is 5.66. The first kappa shape index (κ1) is 30.4. The molecule has 226 valence electrons. The maximum atomic E-state index is 13.3. The number of piperidine rings is 1. The number of carbonyl (C=O) groups excluding carboxylic acids is 2. The highest BCUT2D eigenvalue weighted by atomic mass is 16.3. The lowest BCUT2D eigenvalue weighted by molar-refractivity contribution is -0.126. The number of hydrogen-bond acceptors (Lipinski definition) is 4. The average Bonchev–Trinajstić information content (AvgIpc) is 3.29. The number of aliphatic imine (C=N–C) groups is 1. The van der Waals surface area contributed by atoms with Gasteiger partial charge in [0.1, 0.15) is 5.84 Å². The van der Waals surface area contributed by atoms with Crippen LogP contribution in [-0.4, -0.2) is 58.4 Å². The number of nitrogens with zero attached hydrogens (tertiary/aromatic N) is 3. The Kier molecular flexibility index (Phi) is 9.19. The molecule has 2 aromatic rings. The summed E-state index contributed by atoms with van der Waals surface area (Å²) < 4.78 is 0. The number of anilines is 1. The van der Waals surface area contributed by atoms with Gasteiger partial charge in [-0.2, -0.15) is 4.99 Å². The fourth-order valence-corrected chi connectivity index (χ4v) is 6.99. The molecule has 0 bridgehead atoms. The van der Waals surface area contributed by atoms with Crippen LogP contribution in [0, 0.1) is 18.8 Å². The summed E-state index contributed by atoms with van der Waals surface area (Å²) in [5.41, 5.74) is 4.65. The number of amides is 2. The Morgan fingerprint density at radius 3 is 2.38 bits per heavy atom. The number of aryl methyl sites for hydroxylation is 1. The molecule has 2 fully saturated rings. The molecule has 0 spiro atoms. The van der Waals surface area contributed by atoms with Gasteiger partial charge in [-0.1, -0.05) is 29.8 Å². The van der Waals surface area contributed by atoms with E-state index in [1.54, 1.807) is 0 Å². The van der Waals surface area contributed by atoms with Crippen LogP contribution < -0.4 is 10.2 Å². The second-order valence-electron chi connectivity index (χ2n) is 13.6. The quantitative estimate of drug-likeness (QED) is 0.447. The molecular formula is C35H48N4O3. The molecule has 2 N–H and O–H groups in total. The van der Waals surface area contributed by atoms with Crippen molar-refractivity contribution in [2.75, 3.05) is 18.0 Å². The summed E-state index contributed by atoms with van der Waals surface area (Å²) in [4.78, 5) is 35.6. The maximum Gasteiger partial charge on any atom is 0.278 e. The van der Waals surface area contributed by atoms with Crippen LogP contribution in [0.15, 0.2) is 47.5 Å². The van der Waals surface area contributed by atoms with Crippen molar-refractivity contribution >= 4 is 23.3 Å². The van der Waals surface area contributed by atoms with Crippen molar-refractivity contribution in [2.24, 2.45) is 16.8 Å². The molecule has 1 saturated carbocycles. The highest BCUT2D eigenvalue weighted by Gasteiger charge is 2.37. The van der Waals surface area contributed by atoms with Gasteiger partial charge in [-0.3, -0.25) is 14.5 Å². The van der Waals surface area contributed by atoms with Gasteiger partial charge in [-0.05, 0) is 121 Å². The Balaban J connectivity index is 1.36. The Bertz CT molecular complexity index is 1310. The smallest absolute Gasteiger partial charge is 0.278 e. The van der Waals surface area contributed by atoms with Gasteiger partial charge in [0.25, 0.3) is 5.91 Å². The number of hydrogen-bond donors (Lipinski definition) is 2. The van der Waals surface area contributed by atoms with Crippen molar-refractivity contribution in [2.45, 2.75) is 104 Å². The van der Waals surface area contributed by atoms with Gasteiger partial charge in [0.15, 0.2) is 0 Å². The third-order valence-corrected chi connectivity index (χ3v) is 9.39. The number of benzene rings is 2. The predicted molar refractivity (Wildman–Crippen MR) is 169 cm³/mol. The molecule has 2 heterocycles. The molecule has 3 aliphatic rings. The Morgan fingerprint density at radius 2 is 1.74 bits per heavy atom. The summed E-state index contributed by atoms with van der Waals surface area (Å²) in [5.74, 6) is 1.15. The highest BCUT2D eigenvalue weighted by molar-refractivity contribution is 6.12. The highest BCUT2D eigenvalue weighted by Crippen LogP contribution is 2.38. The first-order chi connectivity index (χ1) is 20.0.